The number of aliphatic hydroxyl groups excluding tert-OH is 1. The molecule has 1 fully saturated rings. The summed E-state index contributed by atoms with van der Waals surface area (Å²) < 4.78 is 17.8. The summed E-state index contributed by atoms with van der Waals surface area (Å²) in [6.07, 6.45) is 1.56. The number of aromatic nitrogens is 1. The highest BCUT2D eigenvalue weighted by atomic mass is 32.1. The minimum absolute atomic E-state index is 0.00129. The van der Waals surface area contributed by atoms with Crippen LogP contribution in [0.25, 0.3) is 16.0 Å². The zero-order chi connectivity index (χ0) is 28.0. The Bertz CT molecular complexity index is 1680. The molecule has 9 heteroatoms. The van der Waals surface area contributed by atoms with Crippen LogP contribution in [-0.2, 0) is 16.0 Å². The SMILES string of the molecule is CCCOc1cccc([C@H]2C(=C(O)c3ccc4c(c3)C[C@H](C)O4)C(=O)C(=O)N2c2nc3ccc(OC)cc3s2)c1. The van der Waals surface area contributed by atoms with Gasteiger partial charge in [-0.15, -0.1) is 0 Å². The highest BCUT2D eigenvalue weighted by molar-refractivity contribution is 7.22. The molecule has 2 atom stereocenters. The van der Waals surface area contributed by atoms with Crippen molar-refractivity contribution in [2.24, 2.45) is 0 Å². The lowest BCUT2D eigenvalue weighted by atomic mass is 9.94. The van der Waals surface area contributed by atoms with Gasteiger partial charge in [0.15, 0.2) is 5.13 Å². The maximum absolute atomic E-state index is 13.6. The molecule has 6 rings (SSSR count). The number of Topliss-reactive ketones (excluding diaryl/α,β-unsaturated/α-hetero) is 1. The number of nitrogens with zero attached hydrogens (tertiary/aromatic N) is 2. The van der Waals surface area contributed by atoms with E-state index in [0.29, 0.717) is 46.3 Å². The molecule has 204 valence electrons. The molecule has 0 spiro atoms. The molecule has 1 aromatic heterocycles. The van der Waals surface area contributed by atoms with Crippen LogP contribution in [-0.4, -0.2) is 41.6 Å². The number of benzene rings is 3. The van der Waals surface area contributed by atoms with Crippen LogP contribution in [0.1, 0.15) is 43.0 Å². The molecule has 2 aliphatic heterocycles. The third kappa shape index (κ3) is 4.46. The van der Waals surface area contributed by atoms with Crippen molar-refractivity contribution in [1.82, 2.24) is 4.98 Å². The van der Waals surface area contributed by atoms with Gasteiger partial charge in [-0.05, 0) is 73.0 Å². The van der Waals surface area contributed by atoms with E-state index >= 15 is 0 Å². The first-order valence-electron chi connectivity index (χ1n) is 13.2. The highest BCUT2D eigenvalue weighted by Crippen LogP contribution is 2.45. The van der Waals surface area contributed by atoms with E-state index in [1.54, 1.807) is 31.4 Å². The lowest BCUT2D eigenvalue weighted by Gasteiger charge is -2.23. The van der Waals surface area contributed by atoms with Crippen molar-refractivity contribution in [1.29, 1.82) is 0 Å². The summed E-state index contributed by atoms with van der Waals surface area (Å²) in [7, 11) is 1.58. The van der Waals surface area contributed by atoms with E-state index in [9.17, 15) is 14.7 Å². The fourth-order valence-electron chi connectivity index (χ4n) is 5.19. The van der Waals surface area contributed by atoms with Crippen LogP contribution in [0.15, 0.2) is 66.2 Å². The van der Waals surface area contributed by atoms with Crippen LogP contribution in [0, 0.1) is 0 Å². The molecule has 0 unspecified atom stereocenters. The largest absolute Gasteiger partial charge is 0.507 e. The van der Waals surface area contributed by atoms with Gasteiger partial charge in [-0.1, -0.05) is 30.4 Å². The number of thiazole rings is 1. The second kappa shape index (κ2) is 10.3. The van der Waals surface area contributed by atoms with Gasteiger partial charge in [0, 0.05) is 12.0 Å². The molecule has 3 heterocycles. The van der Waals surface area contributed by atoms with Crippen LogP contribution in [0.3, 0.4) is 0 Å². The van der Waals surface area contributed by atoms with Gasteiger partial charge in [-0.2, -0.15) is 0 Å². The Morgan fingerprint density at radius 3 is 2.77 bits per heavy atom. The Morgan fingerprint density at radius 1 is 1.12 bits per heavy atom. The van der Waals surface area contributed by atoms with E-state index in [0.717, 1.165) is 22.4 Å². The lowest BCUT2D eigenvalue weighted by molar-refractivity contribution is -0.132. The standard InChI is InChI=1S/C31H28N2O6S/c1-4-12-38-22-7-5-6-18(15-22)27-26(28(34)19-8-11-24-20(14-19)13-17(2)39-24)29(35)30(36)33(27)31-32-23-10-9-21(37-3)16-25(23)40-31/h5-11,14-17,27,34H,4,12-13H2,1-3H3/t17-,27-/m0/s1. The molecule has 2 aliphatic rings. The Kier molecular flexibility index (Phi) is 6.67. The predicted molar refractivity (Wildman–Crippen MR) is 153 cm³/mol. The maximum Gasteiger partial charge on any atom is 0.301 e. The molecule has 40 heavy (non-hydrogen) atoms. The van der Waals surface area contributed by atoms with Crippen molar-refractivity contribution in [2.45, 2.75) is 38.8 Å². The van der Waals surface area contributed by atoms with Crippen molar-refractivity contribution in [3.8, 4) is 17.2 Å². The molecule has 1 N–H and O–H groups in total. The fraction of sp³-hybridized carbons (Fsp3) is 0.258. The minimum atomic E-state index is -0.906. The summed E-state index contributed by atoms with van der Waals surface area (Å²) in [5.74, 6) is 0.266. The number of aliphatic hydroxyl groups is 1. The normalized spacial score (nSPS) is 19.6. The van der Waals surface area contributed by atoms with Crippen molar-refractivity contribution >= 4 is 44.1 Å². The number of ether oxygens (including phenoxy) is 3. The number of hydrogen-bond acceptors (Lipinski definition) is 8. The minimum Gasteiger partial charge on any atom is -0.507 e. The Hall–Kier alpha value is -4.37. The Labute approximate surface area is 235 Å². The molecule has 1 amide bonds. The number of methoxy groups -OCH3 is 1. The summed E-state index contributed by atoms with van der Waals surface area (Å²) in [5, 5.41) is 11.9. The Balaban J connectivity index is 1.51. The number of hydrogen-bond donors (Lipinski definition) is 1. The number of amides is 1. The van der Waals surface area contributed by atoms with Gasteiger partial charge >= 0.3 is 5.91 Å². The van der Waals surface area contributed by atoms with Gasteiger partial charge in [0.05, 0.1) is 35.5 Å². The quantitative estimate of drug-likeness (QED) is 0.168. The second-order valence-corrected chi connectivity index (χ2v) is 10.9. The van der Waals surface area contributed by atoms with Crippen LogP contribution in [0.5, 0.6) is 17.2 Å². The average Bonchev–Trinajstić information content (AvgIpc) is 3.63. The van der Waals surface area contributed by atoms with E-state index in [1.165, 1.54) is 16.2 Å². The number of carbonyl (C=O) groups excluding carboxylic acids is 2. The zero-order valence-corrected chi connectivity index (χ0v) is 23.2. The third-order valence-corrected chi connectivity index (χ3v) is 8.07. The monoisotopic (exact) mass is 556 g/mol. The fourth-order valence-corrected chi connectivity index (χ4v) is 6.21. The van der Waals surface area contributed by atoms with Crippen LogP contribution in [0.4, 0.5) is 5.13 Å². The molecule has 8 nitrogen and oxygen atoms in total. The summed E-state index contributed by atoms with van der Waals surface area (Å²) in [4.78, 5) is 33.3. The second-order valence-electron chi connectivity index (χ2n) is 9.88. The molecular formula is C31H28N2O6S. The van der Waals surface area contributed by atoms with Gasteiger partial charge in [-0.3, -0.25) is 14.5 Å². The molecule has 1 saturated heterocycles. The van der Waals surface area contributed by atoms with E-state index in [-0.39, 0.29) is 17.4 Å². The summed E-state index contributed by atoms with van der Waals surface area (Å²) in [6, 6.07) is 17.1. The number of anilines is 1. The predicted octanol–water partition coefficient (Wildman–Crippen LogP) is 6.04. The van der Waals surface area contributed by atoms with Crippen molar-refractivity contribution in [3.05, 3.63) is 82.9 Å². The Morgan fingerprint density at radius 2 is 1.98 bits per heavy atom. The number of rotatable bonds is 7. The molecule has 0 bridgehead atoms. The zero-order valence-electron chi connectivity index (χ0n) is 22.3. The van der Waals surface area contributed by atoms with Crippen LogP contribution >= 0.6 is 11.3 Å². The highest BCUT2D eigenvalue weighted by Gasteiger charge is 2.48. The first-order chi connectivity index (χ1) is 19.4. The smallest absolute Gasteiger partial charge is 0.301 e. The summed E-state index contributed by atoms with van der Waals surface area (Å²) in [6.45, 7) is 4.52. The van der Waals surface area contributed by atoms with Crippen molar-refractivity contribution < 1.29 is 28.9 Å². The topological polar surface area (TPSA) is 98.2 Å². The number of fused-ring (bicyclic) bond motifs is 2. The third-order valence-electron chi connectivity index (χ3n) is 7.05. The molecule has 0 aliphatic carbocycles. The first kappa shape index (κ1) is 25.9. The summed E-state index contributed by atoms with van der Waals surface area (Å²) >= 11 is 1.28. The molecule has 0 saturated carbocycles. The molecule has 0 radical (unpaired) electrons. The molecular weight excluding hydrogens is 528 g/mol. The first-order valence-corrected chi connectivity index (χ1v) is 14.0. The molecule has 3 aromatic carbocycles. The van der Waals surface area contributed by atoms with E-state index in [2.05, 4.69) is 4.98 Å². The molecule has 4 aromatic rings. The number of ketones is 1. The van der Waals surface area contributed by atoms with Gasteiger partial charge in [0.1, 0.15) is 29.1 Å². The van der Waals surface area contributed by atoms with E-state index < -0.39 is 17.7 Å². The number of carbonyl (C=O) groups is 2. The van der Waals surface area contributed by atoms with Crippen LogP contribution < -0.4 is 19.1 Å². The van der Waals surface area contributed by atoms with Crippen molar-refractivity contribution in [2.75, 3.05) is 18.6 Å². The van der Waals surface area contributed by atoms with Gasteiger partial charge < -0.3 is 19.3 Å². The van der Waals surface area contributed by atoms with E-state index in [1.807, 2.05) is 50.2 Å². The maximum atomic E-state index is 13.6. The van der Waals surface area contributed by atoms with Crippen molar-refractivity contribution in [3.63, 3.8) is 0 Å². The van der Waals surface area contributed by atoms with Crippen LogP contribution in [0.2, 0.25) is 0 Å². The van der Waals surface area contributed by atoms with Gasteiger partial charge in [0.25, 0.3) is 5.78 Å². The van der Waals surface area contributed by atoms with Gasteiger partial charge in [-0.25, -0.2) is 4.98 Å². The lowest BCUT2D eigenvalue weighted by Crippen LogP contribution is -2.29. The average molecular weight is 557 g/mol. The summed E-state index contributed by atoms with van der Waals surface area (Å²) in [5.41, 5.74) is 2.70. The van der Waals surface area contributed by atoms with E-state index in [4.69, 9.17) is 14.2 Å². The van der Waals surface area contributed by atoms with Gasteiger partial charge in [0.2, 0.25) is 0 Å².